The van der Waals surface area contributed by atoms with Crippen LogP contribution in [0.2, 0.25) is 0 Å². The van der Waals surface area contributed by atoms with Crippen LogP contribution >= 0.6 is 11.3 Å². The molecule has 2 aromatic rings. The number of ether oxygens (including phenoxy) is 1. The number of esters is 1. The van der Waals surface area contributed by atoms with Crippen LogP contribution in [0.3, 0.4) is 0 Å². The molecule has 158 valence electrons. The minimum absolute atomic E-state index is 0.103. The molecular formula is C20H26N2O5S2. The molecule has 0 radical (unpaired) electrons. The van der Waals surface area contributed by atoms with E-state index in [0.29, 0.717) is 25.1 Å². The highest BCUT2D eigenvalue weighted by molar-refractivity contribution is 7.89. The van der Waals surface area contributed by atoms with Gasteiger partial charge >= 0.3 is 5.97 Å². The predicted octanol–water partition coefficient (Wildman–Crippen LogP) is 2.54. The molecule has 7 nitrogen and oxygen atoms in total. The second-order valence-corrected chi connectivity index (χ2v) is 9.32. The molecule has 1 N–H and O–H groups in total. The molecule has 29 heavy (non-hydrogen) atoms. The Bertz CT molecular complexity index is 909. The van der Waals surface area contributed by atoms with E-state index in [9.17, 15) is 18.0 Å². The van der Waals surface area contributed by atoms with Crippen LogP contribution in [0, 0.1) is 5.92 Å². The maximum Gasteiger partial charge on any atom is 0.310 e. The smallest absolute Gasteiger partial charge is 0.310 e. The first-order valence-electron chi connectivity index (χ1n) is 9.27. The van der Waals surface area contributed by atoms with Crippen LogP contribution in [0.4, 0.5) is 0 Å². The first kappa shape index (κ1) is 23.1. The predicted molar refractivity (Wildman–Crippen MR) is 112 cm³/mol. The van der Waals surface area contributed by atoms with E-state index in [4.69, 9.17) is 4.74 Å². The molecular weight excluding hydrogens is 412 g/mol. The Morgan fingerprint density at radius 3 is 2.45 bits per heavy atom. The van der Waals surface area contributed by atoms with Crippen molar-refractivity contribution in [2.75, 3.05) is 26.7 Å². The lowest BCUT2D eigenvalue weighted by Crippen LogP contribution is -2.37. The highest BCUT2D eigenvalue weighted by Gasteiger charge is 2.22. The molecule has 1 unspecified atom stereocenters. The highest BCUT2D eigenvalue weighted by Crippen LogP contribution is 2.14. The molecule has 1 heterocycles. The van der Waals surface area contributed by atoms with Gasteiger partial charge in [-0.2, -0.15) is 0 Å². The lowest BCUT2D eigenvalue weighted by molar-refractivity contribution is -0.145. The Hall–Kier alpha value is -2.23. The van der Waals surface area contributed by atoms with Crippen molar-refractivity contribution in [3.8, 4) is 0 Å². The number of hydrogen-bond acceptors (Lipinski definition) is 6. The van der Waals surface area contributed by atoms with Crippen molar-refractivity contribution in [1.29, 1.82) is 0 Å². The van der Waals surface area contributed by atoms with Crippen LogP contribution in [0.5, 0.6) is 0 Å². The number of carbonyl (C=O) groups is 2. The third-order valence-electron chi connectivity index (χ3n) is 4.42. The Morgan fingerprint density at radius 1 is 1.21 bits per heavy atom. The molecule has 2 rings (SSSR count). The van der Waals surface area contributed by atoms with Crippen LogP contribution < -0.4 is 4.72 Å². The summed E-state index contributed by atoms with van der Waals surface area (Å²) in [6.07, 6.45) is 0.622. The molecule has 1 amide bonds. The van der Waals surface area contributed by atoms with Gasteiger partial charge in [0.1, 0.15) is 0 Å². The Balaban J connectivity index is 2.01. The number of hydrogen-bond donors (Lipinski definition) is 1. The van der Waals surface area contributed by atoms with Crippen molar-refractivity contribution in [2.45, 2.75) is 25.2 Å². The van der Waals surface area contributed by atoms with E-state index in [2.05, 4.69) is 4.72 Å². The fourth-order valence-electron chi connectivity index (χ4n) is 2.77. The third kappa shape index (κ3) is 6.38. The van der Waals surface area contributed by atoms with Gasteiger partial charge in [0.15, 0.2) is 0 Å². The van der Waals surface area contributed by atoms with E-state index in [-0.39, 0.29) is 23.3 Å². The number of nitrogens with one attached hydrogen (secondary N) is 1. The van der Waals surface area contributed by atoms with Crippen molar-refractivity contribution >= 4 is 33.2 Å². The first-order chi connectivity index (χ1) is 13.8. The zero-order valence-corrected chi connectivity index (χ0v) is 18.4. The SMILES string of the molecule is CCN(CC(C)C(=O)OC)C(=O)c1ccc(S(=O)(=O)NCCc2cccs2)cc1. The molecule has 1 aromatic carbocycles. The van der Waals surface area contributed by atoms with Gasteiger partial charge in [-0.15, -0.1) is 11.3 Å². The summed E-state index contributed by atoms with van der Waals surface area (Å²) < 4.78 is 32.1. The van der Waals surface area contributed by atoms with Crippen LogP contribution in [-0.4, -0.2) is 51.9 Å². The monoisotopic (exact) mass is 438 g/mol. The average molecular weight is 439 g/mol. The van der Waals surface area contributed by atoms with Gasteiger partial charge in [0.2, 0.25) is 10.0 Å². The second-order valence-electron chi connectivity index (χ2n) is 6.52. The lowest BCUT2D eigenvalue weighted by Gasteiger charge is -2.23. The fourth-order valence-corrected chi connectivity index (χ4v) is 4.51. The van der Waals surface area contributed by atoms with E-state index in [1.165, 1.54) is 36.3 Å². The maximum absolute atomic E-state index is 12.7. The van der Waals surface area contributed by atoms with Crippen LogP contribution in [0.1, 0.15) is 29.1 Å². The molecule has 0 saturated carbocycles. The van der Waals surface area contributed by atoms with Crippen LogP contribution in [0.15, 0.2) is 46.7 Å². The summed E-state index contributed by atoms with van der Waals surface area (Å²) in [6.45, 7) is 4.47. The van der Waals surface area contributed by atoms with Crippen molar-refractivity contribution in [3.63, 3.8) is 0 Å². The van der Waals surface area contributed by atoms with Gasteiger partial charge in [0.05, 0.1) is 17.9 Å². The fraction of sp³-hybridized carbons (Fsp3) is 0.400. The molecule has 0 bridgehead atoms. The molecule has 0 spiro atoms. The van der Waals surface area contributed by atoms with Gasteiger partial charge < -0.3 is 9.64 Å². The van der Waals surface area contributed by atoms with Crippen molar-refractivity contribution < 1.29 is 22.7 Å². The minimum Gasteiger partial charge on any atom is -0.469 e. The minimum atomic E-state index is -3.65. The molecule has 0 saturated heterocycles. The topological polar surface area (TPSA) is 92.8 Å². The molecule has 0 fully saturated rings. The average Bonchev–Trinajstić information content (AvgIpc) is 3.24. The summed E-state index contributed by atoms with van der Waals surface area (Å²) in [5.74, 6) is -1.10. The second kappa shape index (κ2) is 10.5. The largest absolute Gasteiger partial charge is 0.469 e. The van der Waals surface area contributed by atoms with Crippen LogP contribution in [-0.2, 0) is 26.0 Å². The molecule has 0 aliphatic rings. The molecule has 0 aliphatic heterocycles. The van der Waals surface area contributed by atoms with Gasteiger partial charge in [-0.1, -0.05) is 13.0 Å². The Kier molecular flexibility index (Phi) is 8.36. The third-order valence-corrected chi connectivity index (χ3v) is 6.83. The van der Waals surface area contributed by atoms with Gasteiger partial charge in [0, 0.05) is 30.1 Å². The number of sulfonamides is 1. The summed E-state index contributed by atoms with van der Waals surface area (Å²) in [4.78, 5) is 27.0. The van der Waals surface area contributed by atoms with Crippen molar-refractivity contribution in [1.82, 2.24) is 9.62 Å². The van der Waals surface area contributed by atoms with Crippen molar-refractivity contribution in [3.05, 3.63) is 52.2 Å². The first-order valence-corrected chi connectivity index (χ1v) is 11.6. The number of carbonyl (C=O) groups excluding carboxylic acids is 2. The Labute approximate surface area is 175 Å². The van der Waals surface area contributed by atoms with Gasteiger partial charge in [-0.25, -0.2) is 13.1 Å². The van der Waals surface area contributed by atoms with E-state index < -0.39 is 15.9 Å². The summed E-state index contributed by atoms with van der Waals surface area (Å²) in [5.41, 5.74) is 0.362. The van der Waals surface area contributed by atoms with E-state index >= 15 is 0 Å². The number of amides is 1. The standard InChI is InChI=1S/C20H26N2O5S2/c1-4-22(14-15(2)20(24)27-3)19(23)16-7-9-18(10-8-16)29(25,26)21-12-11-17-6-5-13-28-17/h5-10,13,15,21H,4,11-12,14H2,1-3H3. The van der Waals surface area contributed by atoms with Gasteiger partial charge in [0.25, 0.3) is 5.91 Å². The number of benzene rings is 1. The van der Waals surface area contributed by atoms with Gasteiger partial charge in [-0.05, 0) is 49.1 Å². The summed E-state index contributed by atoms with van der Waals surface area (Å²) >= 11 is 1.58. The molecule has 0 aliphatic carbocycles. The normalized spacial score (nSPS) is 12.4. The molecule has 1 atom stereocenters. The quantitative estimate of drug-likeness (QED) is 0.576. The zero-order valence-electron chi connectivity index (χ0n) is 16.8. The van der Waals surface area contributed by atoms with Crippen LogP contribution in [0.25, 0.3) is 0 Å². The molecule has 1 aromatic heterocycles. The number of rotatable bonds is 10. The zero-order chi connectivity index (χ0) is 21.4. The summed E-state index contributed by atoms with van der Waals surface area (Å²) in [5, 5.41) is 1.95. The number of methoxy groups -OCH3 is 1. The van der Waals surface area contributed by atoms with E-state index in [1.54, 1.807) is 18.3 Å². The van der Waals surface area contributed by atoms with Crippen molar-refractivity contribution in [2.24, 2.45) is 5.92 Å². The summed E-state index contributed by atoms with van der Waals surface area (Å²) in [6, 6.07) is 9.69. The lowest BCUT2D eigenvalue weighted by atomic mass is 10.1. The molecule has 9 heteroatoms. The number of thiophene rings is 1. The summed E-state index contributed by atoms with van der Waals surface area (Å²) in [7, 11) is -2.34. The highest BCUT2D eigenvalue weighted by atomic mass is 32.2. The van der Waals surface area contributed by atoms with Gasteiger partial charge in [-0.3, -0.25) is 9.59 Å². The maximum atomic E-state index is 12.7. The van der Waals surface area contributed by atoms with E-state index in [0.717, 1.165) is 4.88 Å². The van der Waals surface area contributed by atoms with E-state index in [1.807, 2.05) is 24.4 Å². The number of nitrogens with zero attached hydrogens (tertiary/aromatic N) is 1. The Morgan fingerprint density at radius 2 is 1.90 bits per heavy atom.